The summed E-state index contributed by atoms with van der Waals surface area (Å²) >= 11 is 0. The lowest BCUT2D eigenvalue weighted by Crippen LogP contribution is -1.97. The largest absolute Gasteiger partial charge is 0.508 e. The molecule has 0 spiro atoms. The molecule has 26 heavy (non-hydrogen) atoms. The van der Waals surface area contributed by atoms with Crippen molar-refractivity contribution in [2.75, 3.05) is 0 Å². The molecule has 0 bridgehead atoms. The Morgan fingerprint density at radius 1 is 0.577 bits per heavy atom. The Morgan fingerprint density at radius 2 is 0.923 bits per heavy atom. The Hall–Kier alpha value is -0.980. The average Bonchev–Trinajstić information content (AvgIpc) is 2.63. The molecule has 0 aliphatic carbocycles. The molecule has 1 rings (SSSR count). The van der Waals surface area contributed by atoms with Crippen LogP contribution in [0.25, 0.3) is 0 Å². The van der Waals surface area contributed by atoms with Crippen molar-refractivity contribution in [2.24, 2.45) is 0 Å². The lowest BCUT2D eigenvalue weighted by atomic mass is 9.94. The highest BCUT2D eigenvalue weighted by Crippen LogP contribution is 2.25. The van der Waals surface area contributed by atoms with Crippen LogP contribution in [0.5, 0.6) is 5.75 Å². The van der Waals surface area contributed by atoms with Gasteiger partial charge in [-0.1, -0.05) is 90.9 Å². The molecule has 0 atom stereocenters. The molecule has 1 nitrogen and oxygen atoms in total. The van der Waals surface area contributed by atoms with Crippen LogP contribution in [-0.2, 0) is 12.8 Å². The highest BCUT2D eigenvalue weighted by atomic mass is 16.3. The minimum atomic E-state index is 0.464. The Bertz CT molecular complexity index is 424. The lowest BCUT2D eigenvalue weighted by Gasteiger charge is -2.13. The molecule has 1 N–H and O–H groups in total. The molecule has 150 valence electrons. The van der Waals surface area contributed by atoms with Gasteiger partial charge in [-0.15, -0.1) is 0 Å². The predicted molar refractivity (Wildman–Crippen MR) is 116 cm³/mol. The first-order valence-corrected chi connectivity index (χ1v) is 11.5. The average molecular weight is 361 g/mol. The van der Waals surface area contributed by atoms with E-state index in [9.17, 15) is 5.11 Å². The molecule has 0 heterocycles. The van der Waals surface area contributed by atoms with Crippen LogP contribution in [0.3, 0.4) is 0 Å². The van der Waals surface area contributed by atoms with E-state index in [-0.39, 0.29) is 0 Å². The molecule has 1 aromatic rings. The van der Waals surface area contributed by atoms with Crippen LogP contribution in [0.2, 0.25) is 0 Å². The molecule has 0 aliphatic rings. The van der Waals surface area contributed by atoms with E-state index in [0.29, 0.717) is 5.75 Å². The van der Waals surface area contributed by atoms with Gasteiger partial charge in [0.15, 0.2) is 0 Å². The van der Waals surface area contributed by atoms with Gasteiger partial charge < -0.3 is 5.11 Å². The fraction of sp³-hybridized carbons (Fsp3) is 0.760. The predicted octanol–water partition coefficient (Wildman–Crippen LogP) is 8.29. The van der Waals surface area contributed by atoms with Crippen molar-refractivity contribution in [2.45, 2.75) is 124 Å². The number of hydrogen-bond donors (Lipinski definition) is 1. The van der Waals surface area contributed by atoms with Crippen LogP contribution in [0.1, 0.15) is 120 Å². The molecule has 0 saturated heterocycles. The second-order valence-electron chi connectivity index (χ2n) is 8.13. The zero-order valence-electron chi connectivity index (χ0n) is 17.9. The second kappa shape index (κ2) is 15.1. The second-order valence-corrected chi connectivity index (χ2v) is 8.13. The summed E-state index contributed by atoms with van der Waals surface area (Å²) in [6.45, 7) is 6.80. The molecular formula is C25H44O. The van der Waals surface area contributed by atoms with Crippen LogP contribution in [0.15, 0.2) is 12.1 Å². The summed E-state index contributed by atoms with van der Waals surface area (Å²) in [5, 5.41) is 10.1. The van der Waals surface area contributed by atoms with Crippen molar-refractivity contribution in [1.82, 2.24) is 0 Å². The van der Waals surface area contributed by atoms with Gasteiger partial charge in [0, 0.05) is 0 Å². The van der Waals surface area contributed by atoms with E-state index < -0.39 is 0 Å². The zero-order chi connectivity index (χ0) is 19.0. The van der Waals surface area contributed by atoms with Gasteiger partial charge in [0.05, 0.1) is 0 Å². The van der Waals surface area contributed by atoms with Crippen molar-refractivity contribution in [3.05, 3.63) is 28.8 Å². The molecular weight excluding hydrogens is 316 g/mol. The van der Waals surface area contributed by atoms with E-state index in [4.69, 9.17) is 0 Å². The van der Waals surface area contributed by atoms with Crippen LogP contribution < -0.4 is 0 Å². The number of benzene rings is 1. The van der Waals surface area contributed by atoms with E-state index in [0.717, 1.165) is 12.8 Å². The van der Waals surface area contributed by atoms with Crippen molar-refractivity contribution >= 4 is 0 Å². The molecule has 0 aliphatic heterocycles. The standard InChI is InChI=1S/C25H44O/c1-4-6-8-10-12-14-16-18-23-20-25(26)21-24(22(23)3)19-17-15-13-11-9-7-5-2/h20-21,26H,4-19H2,1-3H3. The third-order valence-electron chi connectivity index (χ3n) is 5.71. The molecule has 1 aromatic carbocycles. The fourth-order valence-electron chi connectivity index (χ4n) is 3.89. The molecule has 0 radical (unpaired) electrons. The Morgan fingerprint density at radius 3 is 1.31 bits per heavy atom. The van der Waals surface area contributed by atoms with E-state index in [1.807, 2.05) is 12.1 Å². The Balaban J connectivity index is 2.32. The normalized spacial score (nSPS) is 11.2. The summed E-state index contributed by atoms with van der Waals surface area (Å²) in [6, 6.07) is 4.00. The molecule has 0 fully saturated rings. The minimum Gasteiger partial charge on any atom is -0.508 e. The quantitative estimate of drug-likeness (QED) is 0.294. The van der Waals surface area contributed by atoms with Crippen molar-refractivity contribution < 1.29 is 5.11 Å². The van der Waals surface area contributed by atoms with Crippen molar-refractivity contribution in [3.8, 4) is 5.75 Å². The maximum atomic E-state index is 10.1. The van der Waals surface area contributed by atoms with E-state index in [1.54, 1.807) is 0 Å². The number of phenols is 1. The van der Waals surface area contributed by atoms with Crippen LogP contribution in [0, 0.1) is 6.92 Å². The number of rotatable bonds is 16. The lowest BCUT2D eigenvalue weighted by molar-refractivity contribution is 0.472. The van der Waals surface area contributed by atoms with Gasteiger partial charge in [0.1, 0.15) is 5.75 Å². The number of hydrogen-bond acceptors (Lipinski definition) is 1. The summed E-state index contributed by atoms with van der Waals surface area (Å²) in [6.07, 6.45) is 21.1. The highest BCUT2D eigenvalue weighted by molar-refractivity contribution is 5.41. The summed E-state index contributed by atoms with van der Waals surface area (Å²) in [4.78, 5) is 0. The number of phenolic OH excluding ortho intramolecular Hbond substituents is 1. The number of unbranched alkanes of at least 4 members (excludes halogenated alkanes) is 12. The monoisotopic (exact) mass is 360 g/mol. The van der Waals surface area contributed by atoms with Gasteiger partial charge in [-0.25, -0.2) is 0 Å². The molecule has 0 aromatic heterocycles. The smallest absolute Gasteiger partial charge is 0.116 e. The van der Waals surface area contributed by atoms with Crippen molar-refractivity contribution in [1.29, 1.82) is 0 Å². The molecule has 0 unspecified atom stereocenters. The van der Waals surface area contributed by atoms with E-state index in [1.165, 1.54) is 107 Å². The SMILES string of the molecule is CCCCCCCCCc1cc(O)cc(CCCCCCCCC)c1C. The summed E-state index contributed by atoms with van der Waals surface area (Å²) in [7, 11) is 0. The van der Waals surface area contributed by atoms with E-state index >= 15 is 0 Å². The van der Waals surface area contributed by atoms with Gasteiger partial charge in [0.25, 0.3) is 0 Å². The minimum absolute atomic E-state index is 0.464. The van der Waals surface area contributed by atoms with Gasteiger partial charge in [-0.05, 0) is 61.4 Å². The summed E-state index contributed by atoms with van der Waals surface area (Å²) in [5.74, 6) is 0.464. The van der Waals surface area contributed by atoms with Crippen LogP contribution in [0.4, 0.5) is 0 Å². The fourth-order valence-corrected chi connectivity index (χ4v) is 3.89. The molecule has 1 heteroatoms. The maximum absolute atomic E-state index is 10.1. The van der Waals surface area contributed by atoms with Gasteiger partial charge in [-0.3, -0.25) is 0 Å². The topological polar surface area (TPSA) is 20.2 Å². The van der Waals surface area contributed by atoms with Gasteiger partial charge in [0.2, 0.25) is 0 Å². The third-order valence-corrected chi connectivity index (χ3v) is 5.71. The summed E-state index contributed by atoms with van der Waals surface area (Å²) in [5.41, 5.74) is 4.17. The zero-order valence-corrected chi connectivity index (χ0v) is 17.9. The number of aryl methyl sites for hydroxylation is 2. The molecule has 0 amide bonds. The Kier molecular flexibility index (Phi) is 13.4. The van der Waals surface area contributed by atoms with Crippen LogP contribution in [-0.4, -0.2) is 5.11 Å². The third kappa shape index (κ3) is 10.2. The molecule has 0 saturated carbocycles. The van der Waals surface area contributed by atoms with Gasteiger partial charge in [-0.2, -0.15) is 0 Å². The number of aromatic hydroxyl groups is 1. The van der Waals surface area contributed by atoms with Crippen molar-refractivity contribution in [3.63, 3.8) is 0 Å². The Labute approximate surface area is 163 Å². The maximum Gasteiger partial charge on any atom is 0.116 e. The highest BCUT2D eigenvalue weighted by Gasteiger charge is 2.07. The van der Waals surface area contributed by atoms with E-state index in [2.05, 4.69) is 20.8 Å². The van der Waals surface area contributed by atoms with Gasteiger partial charge >= 0.3 is 0 Å². The summed E-state index contributed by atoms with van der Waals surface area (Å²) < 4.78 is 0. The first-order chi connectivity index (χ1) is 12.7. The first kappa shape index (κ1) is 23.1. The van der Waals surface area contributed by atoms with Crippen LogP contribution >= 0.6 is 0 Å². The first-order valence-electron chi connectivity index (χ1n) is 11.5.